The Morgan fingerprint density at radius 2 is 2.12 bits per heavy atom. The van der Waals surface area contributed by atoms with Gasteiger partial charge in [-0.25, -0.2) is 9.07 Å². The Bertz CT molecular complexity index is 731. The highest BCUT2D eigenvalue weighted by atomic mass is 35.5. The molecule has 1 amide bonds. The molecule has 24 heavy (non-hydrogen) atoms. The van der Waals surface area contributed by atoms with Gasteiger partial charge in [0, 0.05) is 23.8 Å². The quantitative estimate of drug-likeness (QED) is 0.867. The average molecular weight is 353 g/mol. The van der Waals surface area contributed by atoms with E-state index in [9.17, 15) is 9.18 Å². The van der Waals surface area contributed by atoms with Crippen molar-refractivity contribution in [2.24, 2.45) is 0 Å². The van der Waals surface area contributed by atoms with Gasteiger partial charge in [0.15, 0.2) is 5.69 Å². The van der Waals surface area contributed by atoms with E-state index in [1.165, 1.54) is 6.07 Å². The zero-order valence-electron chi connectivity index (χ0n) is 13.8. The molecule has 0 bridgehead atoms. The van der Waals surface area contributed by atoms with Crippen LogP contribution < -0.4 is 10.6 Å². The number of hydrogen-bond donors (Lipinski definition) is 2. The molecule has 1 unspecified atom stereocenters. The summed E-state index contributed by atoms with van der Waals surface area (Å²) in [6, 6.07) is 6.70. The molecule has 1 aromatic heterocycles. The summed E-state index contributed by atoms with van der Waals surface area (Å²) in [6.07, 6.45) is 2.60. The Hall–Kier alpha value is -1.92. The van der Waals surface area contributed by atoms with Crippen LogP contribution in [-0.2, 0) is 12.8 Å². The first-order valence-corrected chi connectivity index (χ1v) is 7.93. The van der Waals surface area contributed by atoms with E-state index in [0.717, 1.165) is 30.5 Å². The summed E-state index contributed by atoms with van der Waals surface area (Å²) < 4.78 is 15.7. The predicted molar refractivity (Wildman–Crippen MR) is 93.6 cm³/mol. The van der Waals surface area contributed by atoms with Gasteiger partial charge in [-0.2, -0.15) is 5.10 Å². The highest BCUT2D eigenvalue weighted by Gasteiger charge is 2.27. The monoisotopic (exact) mass is 352 g/mol. The third kappa shape index (κ3) is 3.44. The molecule has 0 fully saturated rings. The zero-order valence-corrected chi connectivity index (χ0v) is 14.6. The maximum atomic E-state index is 14.1. The molecule has 0 aliphatic heterocycles. The maximum absolute atomic E-state index is 14.1. The molecule has 7 heteroatoms. The van der Waals surface area contributed by atoms with Crippen molar-refractivity contribution in [1.82, 2.24) is 20.4 Å². The number of carbonyl (C=O) groups is 1. The fourth-order valence-electron chi connectivity index (χ4n) is 2.87. The summed E-state index contributed by atoms with van der Waals surface area (Å²) in [4.78, 5) is 12.4. The predicted octanol–water partition coefficient (Wildman–Crippen LogP) is 2.26. The van der Waals surface area contributed by atoms with E-state index in [4.69, 9.17) is 0 Å². The summed E-state index contributed by atoms with van der Waals surface area (Å²) in [5.41, 5.74) is 2.71. The van der Waals surface area contributed by atoms with Crippen LogP contribution in [0.1, 0.15) is 35.1 Å². The normalized spacial score (nSPS) is 14.0. The van der Waals surface area contributed by atoms with Gasteiger partial charge >= 0.3 is 0 Å². The molecule has 0 radical (unpaired) electrons. The van der Waals surface area contributed by atoms with Gasteiger partial charge in [-0.05, 0) is 45.4 Å². The second-order valence-corrected chi connectivity index (χ2v) is 5.89. The van der Waals surface area contributed by atoms with E-state index in [2.05, 4.69) is 15.7 Å². The van der Waals surface area contributed by atoms with Gasteiger partial charge in [-0.3, -0.25) is 4.79 Å². The second kappa shape index (κ2) is 7.77. The Morgan fingerprint density at radius 3 is 2.83 bits per heavy atom. The summed E-state index contributed by atoms with van der Waals surface area (Å²) in [5.74, 6) is -0.527. The molecule has 1 aliphatic rings. The minimum Gasteiger partial charge on any atom is -0.349 e. The topological polar surface area (TPSA) is 58.9 Å². The van der Waals surface area contributed by atoms with Crippen LogP contribution in [0.4, 0.5) is 4.39 Å². The molecular weight excluding hydrogens is 331 g/mol. The molecule has 0 spiro atoms. The molecule has 1 aromatic carbocycles. The van der Waals surface area contributed by atoms with Gasteiger partial charge in [0.25, 0.3) is 5.91 Å². The zero-order chi connectivity index (χ0) is 16.4. The molecule has 0 saturated heterocycles. The van der Waals surface area contributed by atoms with Gasteiger partial charge in [0.05, 0.1) is 0 Å². The number of hydrogen-bond acceptors (Lipinski definition) is 3. The first kappa shape index (κ1) is 18.4. The summed E-state index contributed by atoms with van der Waals surface area (Å²) in [6.45, 7) is 2.51. The van der Waals surface area contributed by atoms with Crippen LogP contribution in [0.3, 0.4) is 0 Å². The van der Waals surface area contributed by atoms with Crippen LogP contribution in [0.15, 0.2) is 24.3 Å². The Labute approximate surface area is 147 Å². The fourth-order valence-corrected chi connectivity index (χ4v) is 2.87. The van der Waals surface area contributed by atoms with E-state index < -0.39 is 0 Å². The standard InChI is InChI=1S/C17H21FN4O.ClH/c1-11(19-2)10-20-17(23)16-12-6-5-9-14(12)22(21-16)15-8-4-3-7-13(15)18;/h3-4,7-8,11,19H,5-6,9-10H2,1-2H3,(H,20,23);1H. The lowest BCUT2D eigenvalue weighted by Gasteiger charge is -2.10. The number of carbonyl (C=O) groups excluding carboxylic acids is 1. The first-order valence-electron chi connectivity index (χ1n) is 7.93. The minimum absolute atomic E-state index is 0. The van der Waals surface area contributed by atoms with Gasteiger partial charge < -0.3 is 10.6 Å². The van der Waals surface area contributed by atoms with Crippen molar-refractivity contribution in [3.8, 4) is 5.69 Å². The molecule has 5 nitrogen and oxygen atoms in total. The lowest BCUT2D eigenvalue weighted by atomic mass is 10.2. The molecule has 0 saturated carbocycles. The molecule has 1 aliphatic carbocycles. The van der Waals surface area contributed by atoms with E-state index in [-0.39, 0.29) is 30.2 Å². The van der Waals surface area contributed by atoms with Crippen LogP contribution in [-0.4, -0.2) is 35.3 Å². The highest BCUT2D eigenvalue weighted by molar-refractivity contribution is 5.94. The van der Waals surface area contributed by atoms with Crippen molar-refractivity contribution in [3.63, 3.8) is 0 Å². The lowest BCUT2D eigenvalue weighted by molar-refractivity contribution is 0.0944. The number of halogens is 2. The highest BCUT2D eigenvalue weighted by Crippen LogP contribution is 2.28. The van der Waals surface area contributed by atoms with Crippen molar-refractivity contribution in [1.29, 1.82) is 0 Å². The van der Waals surface area contributed by atoms with Crippen LogP contribution in [0.2, 0.25) is 0 Å². The summed E-state index contributed by atoms with van der Waals surface area (Å²) in [5, 5.41) is 10.4. The molecule has 130 valence electrons. The first-order chi connectivity index (χ1) is 11.1. The van der Waals surface area contributed by atoms with E-state index in [0.29, 0.717) is 17.9 Å². The third-order valence-electron chi connectivity index (χ3n) is 4.29. The number of nitrogens with zero attached hydrogens (tertiary/aromatic N) is 2. The SMILES string of the molecule is CNC(C)CNC(=O)c1nn(-c2ccccc2F)c2c1CCC2.Cl. The lowest BCUT2D eigenvalue weighted by Crippen LogP contribution is -2.37. The van der Waals surface area contributed by atoms with Crippen molar-refractivity contribution in [2.45, 2.75) is 32.2 Å². The largest absolute Gasteiger partial charge is 0.349 e. The minimum atomic E-state index is -0.333. The number of likely N-dealkylation sites (N-methyl/N-ethyl adjacent to an activating group) is 1. The smallest absolute Gasteiger partial charge is 0.272 e. The van der Waals surface area contributed by atoms with E-state index in [1.807, 2.05) is 14.0 Å². The van der Waals surface area contributed by atoms with E-state index >= 15 is 0 Å². The Kier molecular flexibility index (Phi) is 5.96. The number of nitrogens with one attached hydrogen (secondary N) is 2. The number of amides is 1. The average Bonchev–Trinajstić information content (AvgIpc) is 3.15. The molecule has 2 aromatic rings. The van der Waals surface area contributed by atoms with Gasteiger partial charge in [0.1, 0.15) is 11.5 Å². The van der Waals surface area contributed by atoms with Crippen molar-refractivity contribution >= 4 is 18.3 Å². The van der Waals surface area contributed by atoms with Gasteiger partial charge in [-0.1, -0.05) is 12.1 Å². The number of benzene rings is 1. The van der Waals surface area contributed by atoms with Gasteiger partial charge in [0.2, 0.25) is 0 Å². The van der Waals surface area contributed by atoms with Crippen LogP contribution >= 0.6 is 12.4 Å². The number of rotatable bonds is 5. The second-order valence-electron chi connectivity index (χ2n) is 5.89. The third-order valence-corrected chi connectivity index (χ3v) is 4.29. The van der Waals surface area contributed by atoms with Gasteiger partial charge in [-0.15, -0.1) is 12.4 Å². The number of para-hydroxylation sites is 1. The number of aromatic nitrogens is 2. The fraction of sp³-hybridized carbons (Fsp3) is 0.412. The van der Waals surface area contributed by atoms with Crippen molar-refractivity contribution < 1.29 is 9.18 Å². The van der Waals surface area contributed by atoms with Crippen LogP contribution in [0.25, 0.3) is 5.69 Å². The maximum Gasteiger partial charge on any atom is 0.272 e. The van der Waals surface area contributed by atoms with Crippen LogP contribution in [0, 0.1) is 5.82 Å². The molecule has 1 atom stereocenters. The molecule has 3 rings (SSSR count). The summed E-state index contributed by atoms with van der Waals surface area (Å²) >= 11 is 0. The van der Waals surface area contributed by atoms with Crippen molar-refractivity contribution in [2.75, 3.05) is 13.6 Å². The Balaban J connectivity index is 0.00000208. The molecular formula is C17H22ClFN4O. The Morgan fingerprint density at radius 1 is 1.38 bits per heavy atom. The van der Waals surface area contributed by atoms with E-state index in [1.54, 1.807) is 22.9 Å². The van der Waals surface area contributed by atoms with Crippen molar-refractivity contribution in [3.05, 3.63) is 47.0 Å². The molecule has 1 heterocycles. The van der Waals surface area contributed by atoms with Crippen LogP contribution in [0.5, 0.6) is 0 Å². The molecule has 2 N–H and O–H groups in total. The summed E-state index contributed by atoms with van der Waals surface area (Å²) in [7, 11) is 1.85. The number of fused-ring (bicyclic) bond motifs is 1.